The Bertz CT molecular complexity index is 1080. The molecule has 28 heavy (non-hydrogen) atoms. The molecule has 1 aromatic heterocycles. The van der Waals surface area contributed by atoms with E-state index in [0.29, 0.717) is 16.1 Å². The van der Waals surface area contributed by atoms with Crippen molar-refractivity contribution in [3.8, 4) is 18.2 Å². The molecular weight excluding hydrogens is 380 g/mol. The van der Waals surface area contributed by atoms with E-state index in [2.05, 4.69) is 6.07 Å². The zero-order valence-corrected chi connectivity index (χ0v) is 15.4. The second kappa shape index (κ2) is 5.84. The molecule has 1 aromatic carbocycles. The van der Waals surface area contributed by atoms with Gasteiger partial charge in [-0.25, -0.2) is 0 Å². The van der Waals surface area contributed by atoms with Gasteiger partial charge < -0.3 is 13.9 Å². The van der Waals surface area contributed by atoms with E-state index in [-0.39, 0.29) is 0 Å². The van der Waals surface area contributed by atoms with Crippen LogP contribution in [0, 0.1) is 56.2 Å². The van der Waals surface area contributed by atoms with E-state index in [1.54, 1.807) is 37.3 Å². The molecule has 4 unspecified atom stereocenters. The van der Waals surface area contributed by atoms with Crippen LogP contribution < -0.4 is 0 Å². The van der Waals surface area contributed by atoms with Gasteiger partial charge in [-0.2, -0.15) is 15.8 Å². The fourth-order valence-electron chi connectivity index (χ4n) is 4.30. The molecule has 2 aliphatic heterocycles. The van der Waals surface area contributed by atoms with Gasteiger partial charge in [0.1, 0.15) is 6.10 Å². The molecule has 2 aliphatic rings. The van der Waals surface area contributed by atoms with Crippen LogP contribution in [0.5, 0.6) is 0 Å². The van der Waals surface area contributed by atoms with Crippen LogP contribution in [0.3, 0.4) is 0 Å². The van der Waals surface area contributed by atoms with Crippen molar-refractivity contribution in [2.24, 2.45) is 16.7 Å². The number of benzene rings is 1. The average Bonchev–Trinajstić information content (AvgIpc) is 3.28. The third-order valence-electron chi connectivity index (χ3n) is 5.74. The largest absolute Gasteiger partial charge is 0.472 e. The molecule has 0 amide bonds. The molecule has 4 atom stereocenters. The zero-order chi connectivity index (χ0) is 20.2. The first-order valence-corrected chi connectivity index (χ1v) is 8.77. The zero-order valence-electron chi connectivity index (χ0n) is 14.6. The molecule has 1 N–H and O–H groups in total. The molecule has 0 spiro atoms. The SMILES string of the molecule is CC1C2(c3cccc(Cl)c3)OC(=N)C1(C#N)C(C#N)(C#N)C(c1ccoc1)O2. The van der Waals surface area contributed by atoms with Crippen LogP contribution in [0.1, 0.15) is 24.2 Å². The Morgan fingerprint density at radius 3 is 2.46 bits per heavy atom. The number of hydrogen-bond donors (Lipinski definition) is 1. The number of hydrogen-bond acceptors (Lipinski definition) is 7. The Kier molecular flexibility index (Phi) is 3.77. The molecule has 138 valence electrons. The maximum atomic E-state index is 10.2. The molecule has 2 aromatic rings. The summed E-state index contributed by atoms with van der Waals surface area (Å²) in [6.45, 7) is 1.64. The summed E-state index contributed by atoms with van der Waals surface area (Å²) in [4.78, 5) is 0. The smallest absolute Gasteiger partial charge is 0.244 e. The fraction of sp³-hybridized carbons (Fsp3) is 0.300. The number of fused-ring (bicyclic) bond motifs is 2. The highest BCUT2D eigenvalue weighted by atomic mass is 35.5. The lowest BCUT2D eigenvalue weighted by Crippen LogP contribution is -2.57. The van der Waals surface area contributed by atoms with Crippen molar-refractivity contribution in [3.63, 3.8) is 0 Å². The van der Waals surface area contributed by atoms with Crippen LogP contribution in [-0.2, 0) is 15.3 Å². The molecule has 0 radical (unpaired) electrons. The first kappa shape index (κ1) is 18.1. The van der Waals surface area contributed by atoms with Crippen LogP contribution in [0.15, 0.2) is 47.3 Å². The van der Waals surface area contributed by atoms with Gasteiger partial charge in [0.2, 0.25) is 17.1 Å². The van der Waals surface area contributed by atoms with Crippen molar-refractivity contribution in [2.45, 2.75) is 18.8 Å². The van der Waals surface area contributed by atoms with Crippen molar-refractivity contribution in [2.75, 3.05) is 0 Å². The lowest BCUT2D eigenvalue weighted by atomic mass is 9.53. The minimum Gasteiger partial charge on any atom is -0.472 e. The van der Waals surface area contributed by atoms with Crippen molar-refractivity contribution >= 4 is 17.5 Å². The summed E-state index contributed by atoms with van der Waals surface area (Å²) in [5, 5.41) is 39.2. The Labute approximate surface area is 165 Å². The predicted octanol–water partition coefficient (Wildman–Crippen LogP) is 4.04. The number of furan rings is 1. The average molecular weight is 393 g/mol. The maximum absolute atomic E-state index is 10.2. The van der Waals surface area contributed by atoms with Gasteiger partial charge in [0.15, 0.2) is 5.41 Å². The highest BCUT2D eigenvalue weighted by Gasteiger charge is 2.79. The Morgan fingerprint density at radius 1 is 1.14 bits per heavy atom. The third-order valence-corrected chi connectivity index (χ3v) is 5.98. The Morgan fingerprint density at radius 2 is 1.89 bits per heavy atom. The van der Waals surface area contributed by atoms with Crippen LogP contribution in [-0.4, -0.2) is 5.90 Å². The number of nitrogens with zero attached hydrogens (tertiary/aromatic N) is 3. The van der Waals surface area contributed by atoms with Crippen LogP contribution >= 0.6 is 11.6 Å². The second-order valence-electron chi connectivity index (χ2n) is 6.84. The number of halogens is 1. The molecule has 4 rings (SSSR count). The summed E-state index contributed by atoms with van der Waals surface area (Å²) in [7, 11) is 0. The molecule has 0 aliphatic carbocycles. The van der Waals surface area contributed by atoms with Crippen LogP contribution in [0.2, 0.25) is 5.02 Å². The molecular formula is C20H13ClN4O3. The second-order valence-corrected chi connectivity index (χ2v) is 7.27. The monoisotopic (exact) mass is 392 g/mol. The summed E-state index contributed by atoms with van der Waals surface area (Å²) in [6, 6.07) is 14.3. The quantitative estimate of drug-likeness (QED) is 0.821. The van der Waals surface area contributed by atoms with Crippen molar-refractivity contribution in [1.29, 1.82) is 21.2 Å². The van der Waals surface area contributed by atoms with Crippen LogP contribution in [0.4, 0.5) is 0 Å². The van der Waals surface area contributed by atoms with Gasteiger partial charge in [-0.05, 0) is 18.2 Å². The standard InChI is InChI=1S/C20H13ClN4O3/c1-12-19(11-24)17(25)28-20(12,14-3-2-4-15(21)7-14)27-16(13-5-6-26-8-13)18(19,9-22)10-23/h2-8,12,16,25H,1H3. The highest BCUT2D eigenvalue weighted by molar-refractivity contribution is 6.30. The highest BCUT2D eigenvalue weighted by Crippen LogP contribution is 2.69. The minimum absolute atomic E-state index is 0.402. The van der Waals surface area contributed by atoms with E-state index >= 15 is 0 Å². The third kappa shape index (κ3) is 1.86. The first-order valence-electron chi connectivity index (χ1n) is 8.39. The van der Waals surface area contributed by atoms with Gasteiger partial charge in [0.25, 0.3) is 0 Å². The van der Waals surface area contributed by atoms with Gasteiger partial charge in [-0.3, -0.25) is 5.41 Å². The van der Waals surface area contributed by atoms with Crippen LogP contribution in [0.25, 0.3) is 0 Å². The molecule has 8 heteroatoms. The fourth-order valence-corrected chi connectivity index (χ4v) is 4.49. The lowest BCUT2D eigenvalue weighted by Gasteiger charge is -2.48. The van der Waals surface area contributed by atoms with E-state index in [1.807, 2.05) is 12.1 Å². The maximum Gasteiger partial charge on any atom is 0.244 e. The normalized spacial score (nSPS) is 32.6. The van der Waals surface area contributed by atoms with Gasteiger partial charge >= 0.3 is 0 Å². The Hall–Kier alpha value is -3.31. The molecule has 2 saturated heterocycles. The first-order chi connectivity index (χ1) is 13.4. The minimum atomic E-state index is -2.01. The van der Waals surface area contributed by atoms with Gasteiger partial charge in [-0.1, -0.05) is 30.7 Å². The van der Waals surface area contributed by atoms with Crippen molar-refractivity contribution in [3.05, 3.63) is 59.0 Å². The number of ether oxygens (including phenoxy) is 2. The predicted molar refractivity (Wildman–Crippen MR) is 95.3 cm³/mol. The van der Waals surface area contributed by atoms with Gasteiger partial charge in [-0.15, -0.1) is 0 Å². The van der Waals surface area contributed by atoms with E-state index in [0.717, 1.165) is 0 Å². The lowest BCUT2D eigenvalue weighted by molar-refractivity contribution is -0.288. The molecule has 7 nitrogen and oxygen atoms in total. The van der Waals surface area contributed by atoms with E-state index < -0.39 is 34.5 Å². The van der Waals surface area contributed by atoms with E-state index in [1.165, 1.54) is 12.5 Å². The number of rotatable bonds is 2. The summed E-state index contributed by atoms with van der Waals surface area (Å²) in [6.07, 6.45) is 1.55. The van der Waals surface area contributed by atoms with E-state index in [9.17, 15) is 15.8 Å². The van der Waals surface area contributed by atoms with Crippen molar-refractivity contribution < 1.29 is 13.9 Å². The van der Waals surface area contributed by atoms with Gasteiger partial charge in [0.05, 0.1) is 36.7 Å². The van der Waals surface area contributed by atoms with Crippen molar-refractivity contribution in [1.82, 2.24) is 0 Å². The molecule has 3 heterocycles. The summed E-state index contributed by atoms with van der Waals surface area (Å²) in [5.41, 5.74) is -2.97. The summed E-state index contributed by atoms with van der Waals surface area (Å²) >= 11 is 6.15. The number of nitriles is 3. The van der Waals surface area contributed by atoms with Gasteiger partial charge in [0, 0.05) is 16.1 Å². The number of nitrogens with one attached hydrogen (secondary N) is 1. The molecule has 2 bridgehead atoms. The Balaban J connectivity index is 2.05. The summed E-state index contributed by atoms with van der Waals surface area (Å²) in [5.74, 6) is -2.87. The van der Waals surface area contributed by atoms with E-state index in [4.69, 9.17) is 30.9 Å². The molecule has 0 saturated carbocycles. The summed E-state index contributed by atoms with van der Waals surface area (Å²) < 4.78 is 17.3. The molecule has 2 fully saturated rings. The topological polar surface area (TPSA) is 127 Å².